The van der Waals surface area contributed by atoms with Crippen LogP contribution in [0.5, 0.6) is 0 Å². The molecule has 1 N–H and O–H groups in total. The average Bonchev–Trinajstić information content (AvgIpc) is 2.39. The minimum Gasteiger partial charge on any atom is -0.481 e. The van der Waals surface area contributed by atoms with Crippen molar-refractivity contribution in [2.75, 3.05) is 0 Å². The van der Waals surface area contributed by atoms with Crippen LogP contribution in [0, 0.1) is 0 Å². The summed E-state index contributed by atoms with van der Waals surface area (Å²) < 4.78 is 1.61. The topological polar surface area (TPSA) is 79.9 Å². The number of hydrogen-bond donors (Lipinski definition) is 1. The van der Waals surface area contributed by atoms with Crippen molar-refractivity contribution in [1.29, 1.82) is 0 Å². The summed E-state index contributed by atoms with van der Waals surface area (Å²) >= 11 is 0. The Morgan fingerprint density at radius 3 is 2.72 bits per heavy atom. The number of hydrogen-bond acceptors (Lipinski definition) is 4. The number of nitrogens with zero attached hydrogens (tertiary/aromatic N) is 4. The molecule has 1 unspecified atom stereocenters. The Hall–Kier alpha value is -2.37. The van der Waals surface area contributed by atoms with E-state index in [1.165, 1.54) is 0 Å². The summed E-state index contributed by atoms with van der Waals surface area (Å²) in [6.07, 6.45) is 6.73. The molecule has 0 aromatic carbocycles. The van der Waals surface area contributed by atoms with E-state index in [0.29, 0.717) is 5.82 Å². The number of carboxylic acids is 1. The zero-order valence-electron chi connectivity index (χ0n) is 9.89. The molecule has 2 heterocycles. The molecule has 0 radical (unpaired) electrons. The van der Waals surface area contributed by atoms with E-state index in [2.05, 4.69) is 15.1 Å². The van der Waals surface area contributed by atoms with Crippen molar-refractivity contribution in [3.63, 3.8) is 0 Å². The SMILES string of the molecule is CC(CC(=O)O)[n+]1ccc(-c2ncccn2)cn1. The second kappa shape index (κ2) is 5.31. The maximum Gasteiger partial charge on any atom is 0.310 e. The summed E-state index contributed by atoms with van der Waals surface area (Å²) in [6, 6.07) is 3.38. The third-order valence-corrected chi connectivity index (χ3v) is 2.48. The van der Waals surface area contributed by atoms with E-state index < -0.39 is 5.97 Å². The molecule has 1 atom stereocenters. The van der Waals surface area contributed by atoms with Gasteiger partial charge in [-0.25, -0.2) is 9.97 Å². The zero-order chi connectivity index (χ0) is 13.0. The van der Waals surface area contributed by atoms with Crippen molar-refractivity contribution >= 4 is 5.97 Å². The van der Waals surface area contributed by atoms with Gasteiger partial charge in [0.25, 0.3) is 0 Å². The first-order valence-electron chi connectivity index (χ1n) is 5.53. The van der Waals surface area contributed by atoms with Crippen LogP contribution in [0.4, 0.5) is 0 Å². The van der Waals surface area contributed by atoms with Gasteiger partial charge < -0.3 is 5.11 Å². The van der Waals surface area contributed by atoms with Crippen molar-refractivity contribution in [3.8, 4) is 11.4 Å². The normalized spacial score (nSPS) is 12.1. The first-order valence-corrected chi connectivity index (χ1v) is 5.53. The fourth-order valence-electron chi connectivity index (χ4n) is 1.55. The molecule has 0 aliphatic heterocycles. The van der Waals surface area contributed by atoms with Gasteiger partial charge in [0.05, 0.1) is 0 Å². The summed E-state index contributed by atoms with van der Waals surface area (Å²) in [6.45, 7) is 1.81. The van der Waals surface area contributed by atoms with Gasteiger partial charge in [0.15, 0.2) is 18.1 Å². The van der Waals surface area contributed by atoms with Crippen molar-refractivity contribution in [3.05, 3.63) is 36.9 Å². The molecular weight excluding hydrogens is 232 g/mol. The number of aromatic nitrogens is 4. The van der Waals surface area contributed by atoms with Crippen molar-refractivity contribution in [2.24, 2.45) is 0 Å². The number of carbonyl (C=O) groups is 1. The minimum atomic E-state index is -0.840. The quantitative estimate of drug-likeness (QED) is 0.808. The molecule has 2 aromatic heterocycles. The molecule has 2 rings (SSSR count). The standard InChI is InChI=1S/C12H12N4O2/c1-9(7-11(17)18)16-6-3-10(8-15-16)12-13-4-2-5-14-12/h2-6,8-9H,7H2,1H3/p+1. The molecule has 0 spiro atoms. The average molecular weight is 245 g/mol. The van der Waals surface area contributed by atoms with Crippen LogP contribution in [0.3, 0.4) is 0 Å². The molecular formula is C12H13N4O2+. The molecule has 0 bridgehead atoms. The summed E-state index contributed by atoms with van der Waals surface area (Å²) in [5, 5.41) is 12.9. The van der Waals surface area contributed by atoms with Crippen molar-refractivity contribution in [2.45, 2.75) is 19.4 Å². The lowest BCUT2D eigenvalue weighted by Crippen LogP contribution is -2.42. The molecule has 0 fully saturated rings. The first-order chi connectivity index (χ1) is 8.66. The molecule has 0 saturated carbocycles. The van der Waals surface area contributed by atoms with Crippen LogP contribution in [-0.2, 0) is 4.79 Å². The van der Waals surface area contributed by atoms with Gasteiger partial charge in [-0.2, -0.15) is 0 Å². The second-order valence-corrected chi connectivity index (χ2v) is 3.91. The second-order valence-electron chi connectivity index (χ2n) is 3.91. The Morgan fingerprint density at radius 2 is 2.17 bits per heavy atom. The van der Waals surface area contributed by atoms with E-state index in [1.54, 1.807) is 42.5 Å². The van der Waals surface area contributed by atoms with Gasteiger partial charge in [-0.1, -0.05) is 4.68 Å². The summed E-state index contributed by atoms with van der Waals surface area (Å²) in [5.41, 5.74) is 0.800. The highest BCUT2D eigenvalue weighted by molar-refractivity contribution is 5.66. The molecule has 0 saturated heterocycles. The maximum absolute atomic E-state index is 10.6. The fourth-order valence-corrected chi connectivity index (χ4v) is 1.55. The third kappa shape index (κ3) is 2.85. The van der Waals surface area contributed by atoms with Gasteiger partial charge in [0.2, 0.25) is 0 Å². The highest BCUT2D eigenvalue weighted by Crippen LogP contribution is 2.10. The maximum atomic E-state index is 10.6. The molecule has 6 nitrogen and oxygen atoms in total. The Bertz CT molecular complexity index is 528. The lowest BCUT2D eigenvalue weighted by Gasteiger charge is -2.02. The Balaban J connectivity index is 2.18. The summed E-state index contributed by atoms with van der Waals surface area (Å²) in [4.78, 5) is 18.8. The van der Waals surface area contributed by atoms with E-state index in [9.17, 15) is 4.79 Å². The van der Waals surface area contributed by atoms with Crippen LogP contribution < -0.4 is 4.68 Å². The molecule has 0 amide bonds. The molecule has 6 heteroatoms. The van der Waals surface area contributed by atoms with Crippen LogP contribution in [0.25, 0.3) is 11.4 Å². The molecule has 2 aromatic rings. The van der Waals surface area contributed by atoms with E-state index in [-0.39, 0.29) is 12.5 Å². The van der Waals surface area contributed by atoms with Crippen LogP contribution in [-0.4, -0.2) is 26.1 Å². The smallest absolute Gasteiger partial charge is 0.310 e. The fraction of sp³-hybridized carbons (Fsp3) is 0.250. The summed E-state index contributed by atoms with van der Waals surface area (Å²) in [5.74, 6) is -0.240. The van der Waals surface area contributed by atoms with E-state index in [1.807, 2.05) is 6.07 Å². The van der Waals surface area contributed by atoms with Gasteiger partial charge in [-0.05, 0) is 11.2 Å². The predicted molar refractivity (Wildman–Crippen MR) is 62.4 cm³/mol. The zero-order valence-corrected chi connectivity index (χ0v) is 9.89. The lowest BCUT2D eigenvalue weighted by molar-refractivity contribution is -0.773. The monoisotopic (exact) mass is 245 g/mol. The minimum absolute atomic E-state index is 0.0405. The third-order valence-electron chi connectivity index (χ3n) is 2.48. The van der Waals surface area contributed by atoms with Gasteiger partial charge in [-0.15, -0.1) is 0 Å². The van der Waals surface area contributed by atoms with E-state index in [4.69, 9.17) is 5.11 Å². The van der Waals surface area contributed by atoms with Gasteiger partial charge in [-0.3, -0.25) is 4.79 Å². The largest absolute Gasteiger partial charge is 0.481 e. The highest BCUT2D eigenvalue weighted by Gasteiger charge is 2.18. The Kier molecular flexibility index (Phi) is 3.57. The van der Waals surface area contributed by atoms with Gasteiger partial charge >= 0.3 is 5.97 Å². The van der Waals surface area contributed by atoms with Crippen LogP contribution in [0.15, 0.2) is 36.9 Å². The molecule has 0 aliphatic rings. The van der Waals surface area contributed by atoms with Crippen LogP contribution >= 0.6 is 0 Å². The van der Waals surface area contributed by atoms with E-state index >= 15 is 0 Å². The Labute approximate surface area is 104 Å². The molecule has 0 aliphatic carbocycles. The molecule has 92 valence electrons. The molecule has 18 heavy (non-hydrogen) atoms. The van der Waals surface area contributed by atoms with Crippen molar-refractivity contribution in [1.82, 2.24) is 15.1 Å². The number of carboxylic acid groups (broad SMARTS) is 1. The van der Waals surface area contributed by atoms with Crippen molar-refractivity contribution < 1.29 is 14.6 Å². The Morgan fingerprint density at radius 1 is 1.44 bits per heavy atom. The van der Waals surface area contributed by atoms with Crippen LogP contribution in [0.2, 0.25) is 0 Å². The van der Waals surface area contributed by atoms with E-state index in [0.717, 1.165) is 5.56 Å². The first kappa shape index (κ1) is 12.1. The van der Waals surface area contributed by atoms with Crippen LogP contribution in [0.1, 0.15) is 19.4 Å². The lowest BCUT2D eigenvalue weighted by atomic mass is 10.2. The highest BCUT2D eigenvalue weighted by atomic mass is 16.4. The van der Waals surface area contributed by atoms with Gasteiger partial charge in [0, 0.05) is 30.9 Å². The summed E-state index contributed by atoms with van der Waals surface area (Å²) in [7, 11) is 0. The van der Waals surface area contributed by atoms with Gasteiger partial charge in [0.1, 0.15) is 12.6 Å². The number of aliphatic carboxylic acids is 1. The number of rotatable bonds is 4. The predicted octanol–water partition coefficient (Wildman–Crippen LogP) is 0.862.